The number of nitrogens with zero attached hydrogens (tertiary/aromatic N) is 1. The maximum Gasteiger partial charge on any atom is 0.310 e. The van der Waals surface area contributed by atoms with E-state index in [0.717, 1.165) is 40.6 Å². The third kappa shape index (κ3) is 4.63. The molecular formula is C25H27FN2O3. The Morgan fingerprint density at radius 3 is 2.71 bits per heavy atom. The largest absolute Gasteiger partial charge is 0.466 e. The van der Waals surface area contributed by atoms with Crippen LogP contribution < -0.4 is 0 Å². The maximum absolute atomic E-state index is 13.4. The summed E-state index contributed by atoms with van der Waals surface area (Å²) in [6.45, 7) is 3.25. The van der Waals surface area contributed by atoms with E-state index in [1.807, 2.05) is 24.3 Å². The first-order valence-electron chi connectivity index (χ1n) is 10.9. The minimum absolute atomic E-state index is 0.0457. The normalized spacial score (nSPS) is 16.5. The number of ether oxygens (including phenoxy) is 1. The average molecular weight is 423 g/mol. The summed E-state index contributed by atoms with van der Waals surface area (Å²) < 4.78 is 18.6. The maximum atomic E-state index is 13.4. The van der Waals surface area contributed by atoms with Crippen molar-refractivity contribution in [3.8, 4) is 11.3 Å². The van der Waals surface area contributed by atoms with Crippen LogP contribution in [0.5, 0.6) is 0 Å². The number of carbonyl (C=O) groups excluding carboxylic acids is 2. The summed E-state index contributed by atoms with van der Waals surface area (Å²) in [5.74, 6) is -0.682. The van der Waals surface area contributed by atoms with Crippen molar-refractivity contribution in [2.45, 2.75) is 32.6 Å². The van der Waals surface area contributed by atoms with E-state index in [2.05, 4.69) is 4.98 Å². The number of para-hydroxylation sites is 1. The van der Waals surface area contributed by atoms with Crippen molar-refractivity contribution in [2.75, 3.05) is 19.7 Å². The van der Waals surface area contributed by atoms with Gasteiger partial charge in [-0.25, -0.2) is 4.39 Å². The molecule has 31 heavy (non-hydrogen) atoms. The molecule has 4 rings (SSSR count). The minimum Gasteiger partial charge on any atom is -0.466 e. The van der Waals surface area contributed by atoms with E-state index < -0.39 is 0 Å². The van der Waals surface area contributed by atoms with Gasteiger partial charge in [0.15, 0.2) is 0 Å². The highest BCUT2D eigenvalue weighted by atomic mass is 19.1. The topological polar surface area (TPSA) is 62.4 Å². The van der Waals surface area contributed by atoms with Crippen LogP contribution >= 0.6 is 0 Å². The van der Waals surface area contributed by atoms with Gasteiger partial charge in [0.25, 0.3) is 0 Å². The summed E-state index contributed by atoms with van der Waals surface area (Å²) in [6.07, 6.45) is 2.49. The fourth-order valence-corrected chi connectivity index (χ4v) is 4.37. The van der Waals surface area contributed by atoms with Gasteiger partial charge in [0, 0.05) is 36.1 Å². The number of aryl methyl sites for hydroxylation is 1. The molecule has 1 aliphatic heterocycles. The molecule has 1 N–H and O–H groups in total. The Kier molecular flexibility index (Phi) is 6.35. The number of likely N-dealkylation sites (tertiary alicyclic amines) is 1. The van der Waals surface area contributed by atoms with Crippen LogP contribution in [0.4, 0.5) is 4.39 Å². The number of nitrogens with one attached hydrogen (secondary N) is 1. The Hall–Kier alpha value is -3.15. The second-order valence-electron chi connectivity index (χ2n) is 7.96. The molecule has 0 bridgehead atoms. The predicted octanol–water partition coefficient (Wildman–Crippen LogP) is 4.71. The van der Waals surface area contributed by atoms with Gasteiger partial charge in [0.05, 0.1) is 12.5 Å². The lowest BCUT2D eigenvalue weighted by molar-refractivity contribution is -0.151. The molecule has 1 aliphatic rings. The quantitative estimate of drug-likeness (QED) is 0.586. The number of carbonyl (C=O) groups is 2. The summed E-state index contributed by atoms with van der Waals surface area (Å²) in [5, 5.41) is 1.07. The van der Waals surface area contributed by atoms with Gasteiger partial charge in [-0.3, -0.25) is 9.59 Å². The van der Waals surface area contributed by atoms with E-state index >= 15 is 0 Å². The highest BCUT2D eigenvalue weighted by Crippen LogP contribution is 2.32. The smallest absolute Gasteiger partial charge is 0.310 e. The van der Waals surface area contributed by atoms with Gasteiger partial charge < -0.3 is 14.6 Å². The first-order chi connectivity index (χ1) is 15.1. The number of benzene rings is 2. The molecule has 2 heterocycles. The van der Waals surface area contributed by atoms with Gasteiger partial charge in [0.1, 0.15) is 5.82 Å². The monoisotopic (exact) mass is 422 g/mol. The molecule has 1 amide bonds. The molecule has 1 saturated heterocycles. The Morgan fingerprint density at radius 1 is 1.16 bits per heavy atom. The fourth-order valence-electron chi connectivity index (χ4n) is 4.37. The zero-order valence-electron chi connectivity index (χ0n) is 17.7. The Bertz CT molecular complexity index is 1070. The third-order valence-corrected chi connectivity index (χ3v) is 5.93. The number of H-pyrrole nitrogens is 1. The van der Waals surface area contributed by atoms with Gasteiger partial charge in [-0.05, 0) is 67.6 Å². The van der Waals surface area contributed by atoms with E-state index in [-0.39, 0.29) is 23.6 Å². The zero-order chi connectivity index (χ0) is 21.8. The molecule has 5 nitrogen and oxygen atoms in total. The van der Waals surface area contributed by atoms with Crippen molar-refractivity contribution in [1.29, 1.82) is 0 Å². The summed E-state index contributed by atoms with van der Waals surface area (Å²) in [4.78, 5) is 30.3. The molecule has 0 aliphatic carbocycles. The molecular weight excluding hydrogens is 395 g/mol. The number of esters is 1. The van der Waals surface area contributed by atoms with Crippen molar-refractivity contribution >= 4 is 22.8 Å². The SMILES string of the molecule is CCOC(=O)C1CCCN(C(=O)CCc2c(-c3ccc(F)cc3)[nH]c3ccccc23)C1. The molecule has 1 unspecified atom stereocenters. The molecule has 6 heteroatoms. The summed E-state index contributed by atoms with van der Waals surface area (Å²) in [6, 6.07) is 14.4. The van der Waals surface area contributed by atoms with Crippen LogP contribution in [0.2, 0.25) is 0 Å². The number of aromatic amines is 1. The summed E-state index contributed by atoms with van der Waals surface area (Å²) in [5.41, 5.74) is 3.84. The lowest BCUT2D eigenvalue weighted by atomic mass is 9.97. The van der Waals surface area contributed by atoms with Gasteiger partial charge in [0.2, 0.25) is 5.91 Å². The van der Waals surface area contributed by atoms with Crippen LogP contribution in [0.3, 0.4) is 0 Å². The molecule has 3 aromatic rings. The van der Waals surface area contributed by atoms with Crippen LogP contribution in [0.15, 0.2) is 48.5 Å². The van der Waals surface area contributed by atoms with Crippen molar-refractivity contribution in [2.24, 2.45) is 5.92 Å². The van der Waals surface area contributed by atoms with Crippen LogP contribution in [-0.2, 0) is 20.7 Å². The second kappa shape index (κ2) is 9.33. The van der Waals surface area contributed by atoms with Gasteiger partial charge >= 0.3 is 5.97 Å². The van der Waals surface area contributed by atoms with E-state index in [0.29, 0.717) is 32.5 Å². The lowest BCUT2D eigenvalue weighted by Crippen LogP contribution is -2.42. The number of amides is 1. The number of rotatable bonds is 6. The van der Waals surface area contributed by atoms with Gasteiger partial charge in [-0.2, -0.15) is 0 Å². The number of hydrogen-bond donors (Lipinski definition) is 1. The highest BCUT2D eigenvalue weighted by molar-refractivity contribution is 5.91. The summed E-state index contributed by atoms with van der Waals surface area (Å²) >= 11 is 0. The van der Waals surface area contributed by atoms with Crippen LogP contribution in [0.1, 0.15) is 31.7 Å². The van der Waals surface area contributed by atoms with Gasteiger partial charge in [-0.15, -0.1) is 0 Å². The summed E-state index contributed by atoms with van der Waals surface area (Å²) in [7, 11) is 0. The number of piperidine rings is 1. The van der Waals surface area contributed by atoms with Crippen molar-refractivity contribution in [3.63, 3.8) is 0 Å². The highest BCUT2D eigenvalue weighted by Gasteiger charge is 2.29. The van der Waals surface area contributed by atoms with Crippen LogP contribution in [0.25, 0.3) is 22.2 Å². The molecule has 0 radical (unpaired) electrons. The molecule has 1 aromatic heterocycles. The Balaban J connectivity index is 1.52. The average Bonchev–Trinajstić information content (AvgIpc) is 3.16. The predicted molar refractivity (Wildman–Crippen MR) is 118 cm³/mol. The standard InChI is InChI=1S/C25H27FN2O3/c1-2-31-25(30)18-6-5-15-28(16-18)23(29)14-13-21-20-7-3-4-8-22(20)27-24(21)17-9-11-19(26)12-10-17/h3-4,7-12,18,27H,2,5-6,13-16H2,1H3. The Morgan fingerprint density at radius 2 is 1.94 bits per heavy atom. The van der Waals surface area contributed by atoms with E-state index in [4.69, 9.17) is 4.74 Å². The van der Waals surface area contributed by atoms with Crippen molar-refractivity contribution < 1.29 is 18.7 Å². The first-order valence-corrected chi connectivity index (χ1v) is 10.9. The molecule has 162 valence electrons. The lowest BCUT2D eigenvalue weighted by Gasteiger charge is -2.31. The van der Waals surface area contributed by atoms with Crippen molar-refractivity contribution in [3.05, 3.63) is 59.9 Å². The molecule has 2 aromatic carbocycles. The molecule has 0 spiro atoms. The Labute approximate surface area is 181 Å². The first kappa shape index (κ1) is 21.1. The fraction of sp³-hybridized carbons (Fsp3) is 0.360. The second-order valence-corrected chi connectivity index (χ2v) is 7.96. The number of fused-ring (bicyclic) bond motifs is 1. The van der Waals surface area contributed by atoms with Crippen LogP contribution in [-0.4, -0.2) is 41.5 Å². The van der Waals surface area contributed by atoms with E-state index in [1.54, 1.807) is 24.0 Å². The van der Waals surface area contributed by atoms with E-state index in [9.17, 15) is 14.0 Å². The third-order valence-electron chi connectivity index (χ3n) is 5.93. The number of hydrogen-bond acceptors (Lipinski definition) is 3. The molecule has 1 fully saturated rings. The zero-order valence-corrected chi connectivity index (χ0v) is 17.7. The van der Waals surface area contributed by atoms with Crippen molar-refractivity contribution in [1.82, 2.24) is 9.88 Å². The number of halogens is 1. The number of aromatic nitrogens is 1. The van der Waals surface area contributed by atoms with Crippen LogP contribution in [0, 0.1) is 11.7 Å². The molecule has 1 atom stereocenters. The minimum atomic E-state index is -0.280. The van der Waals surface area contributed by atoms with E-state index in [1.165, 1.54) is 12.1 Å². The molecule has 0 saturated carbocycles. The van der Waals surface area contributed by atoms with Gasteiger partial charge in [-0.1, -0.05) is 18.2 Å².